The van der Waals surface area contributed by atoms with Crippen LogP contribution in [0.3, 0.4) is 0 Å². The van der Waals surface area contributed by atoms with Gasteiger partial charge >= 0.3 is 0 Å². The molecule has 5 nitrogen and oxygen atoms in total. The third-order valence-electron chi connectivity index (χ3n) is 0.797. The lowest BCUT2D eigenvalue weighted by Gasteiger charge is -1.90. The third kappa shape index (κ3) is 1.49. The molecule has 0 aliphatic heterocycles. The fraction of sp³-hybridized carbons (Fsp3) is 0. The van der Waals surface area contributed by atoms with Gasteiger partial charge in [-0.05, 0) is 0 Å². The molecule has 0 unspecified atom stereocenters. The van der Waals surface area contributed by atoms with Crippen molar-refractivity contribution in [2.24, 2.45) is 0 Å². The molecule has 0 aliphatic carbocycles. The first-order valence-electron chi connectivity index (χ1n) is 2.26. The summed E-state index contributed by atoms with van der Waals surface area (Å²) in [6.07, 6.45) is 4.05. The highest BCUT2D eigenvalue weighted by Gasteiger charge is 2.07. The Morgan fingerprint density at radius 1 is 1.40 bits per heavy atom. The summed E-state index contributed by atoms with van der Waals surface area (Å²) in [4.78, 5) is 6.22. The highest BCUT2D eigenvalue weighted by Crippen LogP contribution is 2.00. The molecule has 0 saturated heterocycles. The molecule has 1 aromatic rings. The molecule has 0 aliphatic rings. The molecule has 53 valence electrons. The maximum Gasteiger partial charge on any atom is 0.297 e. The van der Waals surface area contributed by atoms with Crippen LogP contribution in [0.2, 0.25) is 0 Å². The van der Waals surface area contributed by atoms with E-state index < -0.39 is 10.1 Å². The van der Waals surface area contributed by atoms with Gasteiger partial charge in [0.05, 0.1) is 12.4 Å². The van der Waals surface area contributed by atoms with E-state index in [0.717, 1.165) is 12.4 Å². The Bertz CT molecular complexity index is 307. The number of rotatable bonds is 1. The Kier molecular flexibility index (Phi) is 1.64. The summed E-state index contributed by atoms with van der Waals surface area (Å²) in [7, 11) is -4.15. The minimum atomic E-state index is -4.15. The molecule has 1 radical (unpaired) electrons. The maximum absolute atomic E-state index is 10.3. The van der Waals surface area contributed by atoms with Crippen molar-refractivity contribution >= 4 is 10.1 Å². The van der Waals surface area contributed by atoms with Crippen LogP contribution >= 0.6 is 0 Å². The highest BCUT2D eigenvalue weighted by molar-refractivity contribution is 7.85. The molecule has 1 heterocycles. The Balaban J connectivity index is 3.22. The lowest BCUT2D eigenvalue weighted by Crippen LogP contribution is -1.98. The van der Waals surface area contributed by atoms with Crippen LogP contribution < -0.4 is 0 Å². The van der Waals surface area contributed by atoms with Crippen LogP contribution in [0.4, 0.5) is 0 Å². The molecule has 0 saturated carbocycles. The summed E-state index contributed by atoms with van der Waals surface area (Å²) in [5.41, 5.74) is 0. The molecule has 0 fully saturated rings. The molecule has 0 spiro atoms. The van der Waals surface area contributed by atoms with Crippen LogP contribution in [0, 0.1) is 6.33 Å². The van der Waals surface area contributed by atoms with Gasteiger partial charge in [-0.1, -0.05) is 0 Å². The van der Waals surface area contributed by atoms with Crippen molar-refractivity contribution in [2.75, 3.05) is 0 Å². The van der Waals surface area contributed by atoms with Crippen LogP contribution in [-0.4, -0.2) is 22.9 Å². The zero-order valence-corrected chi connectivity index (χ0v) is 5.54. The van der Waals surface area contributed by atoms with Crippen molar-refractivity contribution in [1.82, 2.24) is 9.97 Å². The summed E-state index contributed by atoms with van der Waals surface area (Å²) in [6.45, 7) is 0. The number of aromatic nitrogens is 2. The van der Waals surface area contributed by atoms with E-state index in [2.05, 4.69) is 16.3 Å². The van der Waals surface area contributed by atoms with Crippen LogP contribution in [0.15, 0.2) is 17.3 Å². The highest BCUT2D eigenvalue weighted by atomic mass is 32.2. The molecular weight excluding hydrogens is 156 g/mol. The molecule has 0 atom stereocenters. The van der Waals surface area contributed by atoms with Gasteiger partial charge in [0.15, 0.2) is 6.33 Å². The zero-order chi connectivity index (χ0) is 7.61. The first-order valence-corrected chi connectivity index (χ1v) is 3.70. The van der Waals surface area contributed by atoms with E-state index in [1.54, 1.807) is 0 Å². The Morgan fingerprint density at radius 3 is 2.20 bits per heavy atom. The second kappa shape index (κ2) is 2.31. The van der Waals surface area contributed by atoms with E-state index in [1.807, 2.05) is 0 Å². The lowest BCUT2D eigenvalue weighted by molar-refractivity contribution is 0.482. The standard InChI is InChI=1S/C4H3N2O3S/c7-10(8,9)4-1-5-3-6-2-4/h1-2H,(H,7,8,9). The minimum absolute atomic E-state index is 0.328. The topological polar surface area (TPSA) is 80.2 Å². The van der Waals surface area contributed by atoms with Crippen molar-refractivity contribution < 1.29 is 13.0 Å². The smallest absolute Gasteiger partial charge is 0.282 e. The summed E-state index contributed by atoms with van der Waals surface area (Å²) >= 11 is 0. The Labute approximate surface area is 57.5 Å². The minimum Gasteiger partial charge on any atom is -0.282 e. The van der Waals surface area contributed by atoms with E-state index in [1.165, 1.54) is 0 Å². The van der Waals surface area contributed by atoms with Gasteiger partial charge in [0, 0.05) is 0 Å². The first kappa shape index (κ1) is 7.10. The van der Waals surface area contributed by atoms with E-state index in [4.69, 9.17) is 4.55 Å². The summed E-state index contributed by atoms with van der Waals surface area (Å²) in [5, 5.41) is 0. The monoisotopic (exact) mass is 159 g/mol. The number of nitrogens with zero attached hydrogens (tertiary/aromatic N) is 2. The average Bonchev–Trinajstić information content (AvgIpc) is 1.88. The van der Waals surface area contributed by atoms with Gasteiger partial charge in [0.1, 0.15) is 4.90 Å². The maximum atomic E-state index is 10.3. The van der Waals surface area contributed by atoms with Gasteiger partial charge in [-0.25, -0.2) is 9.97 Å². The molecule has 0 aromatic carbocycles. The summed E-state index contributed by atoms with van der Waals surface area (Å²) in [6, 6.07) is 0. The molecule has 0 amide bonds. The van der Waals surface area contributed by atoms with Gasteiger partial charge in [-0.2, -0.15) is 8.42 Å². The molecule has 0 bridgehead atoms. The second-order valence-corrected chi connectivity index (χ2v) is 2.92. The van der Waals surface area contributed by atoms with Gasteiger partial charge in [-0.15, -0.1) is 0 Å². The molecule has 10 heavy (non-hydrogen) atoms. The Hall–Kier alpha value is -1.01. The van der Waals surface area contributed by atoms with E-state index in [0.29, 0.717) is 0 Å². The van der Waals surface area contributed by atoms with E-state index >= 15 is 0 Å². The van der Waals surface area contributed by atoms with Crippen LogP contribution in [0.25, 0.3) is 0 Å². The quantitative estimate of drug-likeness (QED) is 0.560. The number of hydrogen-bond donors (Lipinski definition) is 1. The number of hydrogen-bond acceptors (Lipinski definition) is 4. The van der Waals surface area contributed by atoms with Crippen molar-refractivity contribution in [3.63, 3.8) is 0 Å². The van der Waals surface area contributed by atoms with E-state index in [-0.39, 0.29) is 4.90 Å². The Morgan fingerprint density at radius 2 is 1.90 bits per heavy atom. The molecule has 6 heteroatoms. The predicted molar refractivity (Wildman–Crippen MR) is 30.7 cm³/mol. The molecule has 1 N–H and O–H groups in total. The van der Waals surface area contributed by atoms with Crippen molar-refractivity contribution in [2.45, 2.75) is 4.90 Å². The van der Waals surface area contributed by atoms with Crippen molar-refractivity contribution in [1.29, 1.82) is 0 Å². The zero-order valence-electron chi connectivity index (χ0n) is 4.72. The SMILES string of the molecule is O=S(=O)(O)c1cn[c]nc1. The van der Waals surface area contributed by atoms with Gasteiger partial charge in [0.2, 0.25) is 0 Å². The van der Waals surface area contributed by atoms with Crippen LogP contribution in [0.1, 0.15) is 0 Å². The predicted octanol–water partition coefficient (Wildman–Crippen LogP) is -0.477. The van der Waals surface area contributed by atoms with E-state index in [9.17, 15) is 8.42 Å². The van der Waals surface area contributed by atoms with Crippen LogP contribution in [-0.2, 0) is 10.1 Å². The third-order valence-corrected chi connectivity index (χ3v) is 1.60. The van der Waals surface area contributed by atoms with Crippen molar-refractivity contribution in [3.05, 3.63) is 18.7 Å². The normalized spacial score (nSPS) is 11.3. The van der Waals surface area contributed by atoms with Crippen molar-refractivity contribution in [3.8, 4) is 0 Å². The van der Waals surface area contributed by atoms with Gasteiger partial charge < -0.3 is 0 Å². The van der Waals surface area contributed by atoms with Gasteiger partial charge in [-0.3, -0.25) is 4.55 Å². The second-order valence-electron chi connectivity index (χ2n) is 1.49. The average molecular weight is 159 g/mol. The summed E-state index contributed by atoms with van der Waals surface area (Å²) < 4.78 is 29.0. The first-order chi connectivity index (χ1) is 4.61. The molecular formula is C4H3N2O3S. The van der Waals surface area contributed by atoms with Gasteiger partial charge in [0.25, 0.3) is 10.1 Å². The fourth-order valence-corrected chi connectivity index (χ4v) is 0.757. The van der Waals surface area contributed by atoms with Crippen LogP contribution in [0.5, 0.6) is 0 Å². The largest absolute Gasteiger partial charge is 0.297 e. The molecule has 1 aromatic heterocycles. The lowest BCUT2D eigenvalue weighted by atomic mass is 10.7. The molecule has 1 rings (SSSR count). The summed E-state index contributed by atoms with van der Waals surface area (Å²) in [5.74, 6) is 0. The fourth-order valence-electron chi connectivity index (χ4n) is 0.385.